The number of aliphatic hydroxyl groups excluding tert-OH is 1. The number of carbonyl (C=O) groups excluding carboxylic acids is 1. The second-order valence-corrected chi connectivity index (χ2v) is 4.45. The monoisotopic (exact) mass is 244 g/mol. The van der Waals surface area contributed by atoms with Gasteiger partial charge < -0.3 is 20.1 Å². The van der Waals surface area contributed by atoms with Gasteiger partial charge in [-0.1, -0.05) is 13.3 Å². The van der Waals surface area contributed by atoms with Crippen molar-refractivity contribution in [2.75, 3.05) is 39.5 Å². The number of carbonyl (C=O) groups is 1. The van der Waals surface area contributed by atoms with Gasteiger partial charge in [0.05, 0.1) is 13.2 Å². The van der Waals surface area contributed by atoms with Gasteiger partial charge in [-0.3, -0.25) is 0 Å². The van der Waals surface area contributed by atoms with E-state index in [1.54, 1.807) is 4.90 Å². The Morgan fingerprint density at radius 3 is 2.71 bits per heavy atom. The van der Waals surface area contributed by atoms with Gasteiger partial charge >= 0.3 is 6.03 Å². The number of rotatable bonds is 6. The first-order valence-corrected chi connectivity index (χ1v) is 6.49. The van der Waals surface area contributed by atoms with Gasteiger partial charge in [0.15, 0.2) is 0 Å². The number of hydrogen-bond acceptors (Lipinski definition) is 3. The molecule has 0 aromatic rings. The molecule has 0 aliphatic carbocycles. The van der Waals surface area contributed by atoms with E-state index in [-0.39, 0.29) is 12.6 Å². The highest BCUT2D eigenvalue weighted by atomic mass is 16.5. The van der Waals surface area contributed by atoms with Crippen LogP contribution in [0.5, 0.6) is 0 Å². The Morgan fingerprint density at radius 2 is 2.12 bits per heavy atom. The molecule has 0 spiro atoms. The van der Waals surface area contributed by atoms with Gasteiger partial charge in [-0.05, 0) is 18.8 Å². The standard InChI is InChI=1S/C12H24N2O3/c1-2-3-11(4-7-15)10-13-12(16)14-5-8-17-9-6-14/h11,15H,2-10H2,1H3,(H,13,16). The molecular weight excluding hydrogens is 220 g/mol. The molecule has 0 saturated carbocycles. The van der Waals surface area contributed by atoms with E-state index < -0.39 is 0 Å². The Bertz CT molecular complexity index is 212. The van der Waals surface area contributed by atoms with E-state index >= 15 is 0 Å². The van der Waals surface area contributed by atoms with Crippen molar-refractivity contribution in [3.63, 3.8) is 0 Å². The summed E-state index contributed by atoms with van der Waals surface area (Å²) in [5.74, 6) is 0.384. The molecule has 100 valence electrons. The highest BCUT2D eigenvalue weighted by Crippen LogP contribution is 2.09. The number of morpholine rings is 1. The van der Waals surface area contributed by atoms with Crippen LogP contribution in [0.4, 0.5) is 4.79 Å². The summed E-state index contributed by atoms with van der Waals surface area (Å²) in [4.78, 5) is 13.6. The van der Waals surface area contributed by atoms with E-state index in [0.717, 1.165) is 19.3 Å². The quantitative estimate of drug-likeness (QED) is 0.727. The van der Waals surface area contributed by atoms with Crippen LogP contribution in [0.2, 0.25) is 0 Å². The number of hydrogen-bond donors (Lipinski definition) is 2. The zero-order valence-electron chi connectivity index (χ0n) is 10.7. The first kappa shape index (κ1) is 14.3. The molecule has 0 aromatic carbocycles. The van der Waals surface area contributed by atoms with Crippen molar-refractivity contribution < 1.29 is 14.6 Å². The molecule has 5 nitrogen and oxygen atoms in total. The van der Waals surface area contributed by atoms with Gasteiger partial charge in [0.1, 0.15) is 0 Å². The molecular formula is C12H24N2O3. The maximum Gasteiger partial charge on any atom is 0.317 e. The Kier molecular flexibility index (Phi) is 6.96. The molecule has 1 atom stereocenters. The van der Waals surface area contributed by atoms with Crippen molar-refractivity contribution in [2.45, 2.75) is 26.2 Å². The van der Waals surface area contributed by atoms with Crippen molar-refractivity contribution in [3.8, 4) is 0 Å². The first-order valence-electron chi connectivity index (χ1n) is 6.49. The highest BCUT2D eigenvalue weighted by molar-refractivity contribution is 5.74. The van der Waals surface area contributed by atoms with Crippen LogP contribution < -0.4 is 5.32 Å². The molecule has 1 fully saturated rings. The van der Waals surface area contributed by atoms with Crippen LogP contribution in [-0.2, 0) is 4.74 Å². The lowest BCUT2D eigenvalue weighted by Gasteiger charge is -2.27. The Labute approximate surface area is 103 Å². The fourth-order valence-electron chi connectivity index (χ4n) is 2.05. The summed E-state index contributed by atoms with van der Waals surface area (Å²) in [5, 5.41) is 11.9. The van der Waals surface area contributed by atoms with Gasteiger partial charge in [-0.15, -0.1) is 0 Å². The Morgan fingerprint density at radius 1 is 1.41 bits per heavy atom. The molecule has 1 unspecified atom stereocenters. The Balaban J connectivity index is 2.24. The van der Waals surface area contributed by atoms with Crippen molar-refractivity contribution in [2.24, 2.45) is 5.92 Å². The molecule has 1 rings (SSSR count). The predicted molar refractivity (Wildman–Crippen MR) is 65.9 cm³/mol. The lowest BCUT2D eigenvalue weighted by atomic mass is 10.0. The molecule has 2 N–H and O–H groups in total. The lowest BCUT2D eigenvalue weighted by molar-refractivity contribution is 0.0529. The summed E-state index contributed by atoms with van der Waals surface area (Å²) in [5.41, 5.74) is 0. The molecule has 2 amide bonds. The number of aliphatic hydroxyl groups is 1. The predicted octanol–water partition coefficient (Wildman–Crippen LogP) is 0.827. The van der Waals surface area contributed by atoms with E-state index in [1.807, 2.05) is 0 Å². The van der Waals surface area contributed by atoms with Crippen LogP contribution >= 0.6 is 0 Å². The third-order valence-corrected chi connectivity index (χ3v) is 3.07. The summed E-state index contributed by atoms with van der Waals surface area (Å²) >= 11 is 0. The maximum absolute atomic E-state index is 11.8. The number of nitrogens with one attached hydrogen (secondary N) is 1. The van der Waals surface area contributed by atoms with Crippen LogP contribution in [0.3, 0.4) is 0 Å². The van der Waals surface area contributed by atoms with Crippen molar-refractivity contribution in [1.29, 1.82) is 0 Å². The fourth-order valence-corrected chi connectivity index (χ4v) is 2.05. The number of amides is 2. The summed E-state index contributed by atoms with van der Waals surface area (Å²) in [6.45, 7) is 5.57. The number of ether oxygens (including phenoxy) is 1. The molecule has 0 radical (unpaired) electrons. The third-order valence-electron chi connectivity index (χ3n) is 3.07. The minimum Gasteiger partial charge on any atom is -0.396 e. The molecule has 0 aromatic heterocycles. The van der Waals surface area contributed by atoms with Gasteiger partial charge in [0.25, 0.3) is 0 Å². The second kappa shape index (κ2) is 8.31. The zero-order chi connectivity index (χ0) is 12.5. The molecule has 1 aliphatic rings. The third kappa shape index (κ3) is 5.37. The lowest BCUT2D eigenvalue weighted by Crippen LogP contribution is -2.47. The van der Waals surface area contributed by atoms with Gasteiger partial charge in [-0.2, -0.15) is 0 Å². The fraction of sp³-hybridized carbons (Fsp3) is 0.917. The van der Waals surface area contributed by atoms with Crippen LogP contribution in [0.15, 0.2) is 0 Å². The van der Waals surface area contributed by atoms with Crippen molar-refractivity contribution in [1.82, 2.24) is 10.2 Å². The van der Waals surface area contributed by atoms with Gasteiger partial charge in [0, 0.05) is 26.2 Å². The van der Waals surface area contributed by atoms with E-state index in [4.69, 9.17) is 9.84 Å². The van der Waals surface area contributed by atoms with Crippen molar-refractivity contribution in [3.05, 3.63) is 0 Å². The number of urea groups is 1. The van der Waals surface area contributed by atoms with Crippen molar-refractivity contribution >= 4 is 6.03 Å². The van der Waals surface area contributed by atoms with E-state index in [1.165, 1.54) is 0 Å². The summed E-state index contributed by atoms with van der Waals surface area (Å²) in [6, 6.07) is -0.00709. The second-order valence-electron chi connectivity index (χ2n) is 4.45. The van der Waals surface area contributed by atoms with Crippen LogP contribution in [-0.4, -0.2) is 55.5 Å². The molecule has 1 aliphatic heterocycles. The van der Waals surface area contributed by atoms with Crippen LogP contribution in [0.25, 0.3) is 0 Å². The SMILES string of the molecule is CCCC(CCO)CNC(=O)N1CCOCC1. The molecule has 0 bridgehead atoms. The average molecular weight is 244 g/mol. The summed E-state index contributed by atoms with van der Waals surface area (Å²) in [6.07, 6.45) is 2.89. The van der Waals surface area contributed by atoms with E-state index in [2.05, 4.69) is 12.2 Å². The zero-order valence-corrected chi connectivity index (χ0v) is 10.7. The smallest absolute Gasteiger partial charge is 0.317 e. The minimum absolute atomic E-state index is 0.00709. The number of nitrogens with zero attached hydrogens (tertiary/aromatic N) is 1. The first-order chi connectivity index (χ1) is 8.27. The molecule has 17 heavy (non-hydrogen) atoms. The van der Waals surface area contributed by atoms with Gasteiger partial charge in [-0.25, -0.2) is 4.79 Å². The van der Waals surface area contributed by atoms with E-state index in [0.29, 0.717) is 38.8 Å². The van der Waals surface area contributed by atoms with E-state index in [9.17, 15) is 4.79 Å². The summed E-state index contributed by atoms with van der Waals surface area (Å²) in [7, 11) is 0. The largest absolute Gasteiger partial charge is 0.396 e. The molecule has 5 heteroatoms. The Hall–Kier alpha value is -0.810. The van der Waals surface area contributed by atoms with Crippen LogP contribution in [0, 0.1) is 5.92 Å². The highest BCUT2D eigenvalue weighted by Gasteiger charge is 2.17. The molecule has 1 saturated heterocycles. The van der Waals surface area contributed by atoms with Gasteiger partial charge in [0.2, 0.25) is 0 Å². The molecule has 1 heterocycles. The average Bonchev–Trinajstić information content (AvgIpc) is 2.37. The van der Waals surface area contributed by atoms with Crippen LogP contribution in [0.1, 0.15) is 26.2 Å². The normalized spacial score (nSPS) is 17.9. The minimum atomic E-state index is -0.00709. The maximum atomic E-state index is 11.8. The topological polar surface area (TPSA) is 61.8 Å². The summed E-state index contributed by atoms with van der Waals surface area (Å²) < 4.78 is 5.20.